The maximum absolute atomic E-state index is 13.1. The summed E-state index contributed by atoms with van der Waals surface area (Å²) in [5, 5.41) is 9.22. The molecule has 5 rings (SSSR count). The van der Waals surface area contributed by atoms with E-state index in [1.54, 1.807) is 49.4 Å². The van der Waals surface area contributed by atoms with Gasteiger partial charge < -0.3 is 16.0 Å². The summed E-state index contributed by atoms with van der Waals surface area (Å²) in [6, 6.07) is 28.6. The first-order chi connectivity index (χ1) is 18.8. The minimum Gasteiger partial charge on any atom is -0.356 e. The first kappa shape index (κ1) is 26.0. The molecule has 1 heterocycles. The third kappa shape index (κ3) is 5.65. The highest BCUT2D eigenvalue weighted by Gasteiger charge is 2.39. The second kappa shape index (κ2) is 11.0. The molecule has 1 aliphatic heterocycles. The van der Waals surface area contributed by atoms with E-state index in [0.29, 0.717) is 33.2 Å². The van der Waals surface area contributed by atoms with E-state index < -0.39 is 11.8 Å². The largest absolute Gasteiger partial charge is 0.356 e. The zero-order valence-corrected chi connectivity index (χ0v) is 22.2. The number of halogens is 2. The van der Waals surface area contributed by atoms with Crippen molar-refractivity contribution >= 4 is 69.4 Å². The molecule has 0 unspecified atom stereocenters. The van der Waals surface area contributed by atoms with Gasteiger partial charge in [0.1, 0.15) is 10.7 Å². The lowest BCUT2D eigenvalue weighted by atomic mass is 10.1. The quantitative estimate of drug-likeness (QED) is 0.211. The smallest absolute Gasteiger partial charge is 0.283 e. The summed E-state index contributed by atoms with van der Waals surface area (Å²) < 4.78 is 0. The highest BCUT2D eigenvalue weighted by Crippen LogP contribution is 2.33. The molecule has 0 spiro atoms. The Bertz CT molecular complexity index is 1600. The average Bonchev–Trinajstić information content (AvgIpc) is 3.15. The molecular weight excluding hydrogens is 535 g/mol. The van der Waals surface area contributed by atoms with Gasteiger partial charge in [0.2, 0.25) is 0 Å². The molecule has 4 aromatic carbocycles. The fraction of sp³-hybridized carbons (Fsp3) is 0.0333. The van der Waals surface area contributed by atoms with Crippen LogP contribution >= 0.6 is 23.2 Å². The standard InChI is InChI=1S/C30H22Cl2N4O3/c1-18-7-10-20(31)17-25(18)36-29(38)26(32)27(30(36)39)34-23-11-8-19(9-12-23)28(37)35-24-15-13-22(14-16-24)33-21-5-3-2-4-6-21/h2-17,33-34H,1H3,(H,35,37). The summed E-state index contributed by atoms with van der Waals surface area (Å²) in [5.74, 6) is -1.53. The molecule has 3 amide bonds. The molecule has 0 aromatic heterocycles. The average molecular weight is 557 g/mol. The Balaban J connectivity index is 1.23. The van der Waals surface area contributed by atoms with Crippen LogP contribution in [0.2, 0.25) is 5.02 Å². The van der Waals surface area contributed by atoms with Gasteiger partial charge in [-0.2, -0.15) is 0 Å². The summed E-state index contributed by atoms with van der Waals surface area (Å²) in [6.45, 7) is 1.77. The normalized spacial score (nSPS) is 13.1. The fourth-order valence-electron chi connectivity index (χ4n) is 4.03. The molecule has 4 aromatic rings. The predicted molar refractivity (Wildman–Crippen MR) is 156 cm³/mol. The van der Waals surface area contributed by atoms with E-state index in [1.165, 1.54) is 0 Å². The lowest BCUT2D eigenvalue weighted by Crippen LogP contribution is -2.32. The second-order valence-corrected chi connectivity index (χ2v) is 9.60. The fourth-order valence-corrected chi connectivity index (χ4v) is 4.41. The van der Waals surface area contributed by atoms with Crippen molar-refractivity contribution in [3.8, 4) is 0 Å². The van der Waals surface area contributed by atoms with Crippen LogP contribution in [0.5, 0.6) is 0 Å². The van der Waals surface area contributed by atoms with Gasteiger partial charge in [0.25, 0.3) is 17.7 Å². The van der Waals surface area contributed by atoms with Crippen molar-refractivity contribution in [2.45, 2.75) is 6.92 Å². The van der Waals surface area contributed by atoms with E-state index >= 15 is 0 Å². The van der Waals surface area contributed by atoms with Crippen LogP contribution in [0, 0.1) is 6.92 Å². The summed E-state index contributed by atoms with van der Waals surface area (Å²) in [7, 11) is 0. The molecule has 39 heavy (non-hydrogen) atoms. The zero-order chi connectivity index (χ0) is 27.5. The summed E-state index contributed by atoms with van der Waals surface area (Å²) in [5.41, 5.74) is 4.42. The maximum atomic E-state index is 13.1. The minimum atomic E-state index is -0.643. The lowest BCUT2D eigenvalue weighted by molar-refractivity contribution is -0.120. The number of imide groups is 1. The van der Waals surface area contributed by atoms with Crippen LogP contribution < -0.4 is 20.9 Å². The van der Waals surface area contributed by atoms with Crippen LogP contribution in [0.4, 0.5) is 28.4 Å². The minimum absolute atomic E-state index is 0.0533. The maximum Gasteiger partial charge on any atom is 0.283 e. The number of nitrogens with one attached hydrogen (secondary N) is 3. The number of rotatable bonds is 7. The van der Waals surface area contributed by atoms with Crippen LogP contribution in [0.1, 0.15) is 15.9 Å². The van der Waals surface area contributed by atoms with Gasteiger partial charge in [0.15, 0.2) is 0 Å². The van der Waals surface area contributed by atoms with Gasteiger partial charge in [0.05, 0.1) is 5.69 Å². The van der Waals surface area contributed by atoms with Crippen LogP contribution in [0.3, 0.4) is 0 Å². The number of carbonyl (C=O) groups excluding carboxylic acids is 3. The molecule has 0 aliphatic carbocycles. The number of hydrogen-bond acceptors (Lipinski definition) is 5. The Morgan fingerprint density at radius 3 is 1.97 bits per heavy atom. The summed E-state index contributed by atoms with van der Waals surface area (Å²) >= 11 is 12.3. The number of anilines is 5. The molecule has 0 fully saturated rings. The van der Waals surface area contributed by atoms with Crippen molar-refractivity contribution in [3.63, 3.8) is 0 Å². The molecule has 0 saturated heterocycles. The second-order valence-electron chi connectivity index (χ2n) is 8.79. The number of para-hydroxylation sites is 1. The number of nitrogens with zero attached hydrogens (tertiary/aromatic N) is 1. The van der Waals surface area contributed by atoms with Crippen LogP contribution in [0.25, 0.3) is 0 Å². The van der Waals surface area contributed by atoms with E-state index in [1.807, 2.05) is 54.6 Å². The van der Waals surface area contributed by atoms with Crippen LogP contribution in [-0.2, 0) is 9.59 Å². The SMILES string of the molecule is Cc1ccc(Cl)cc1N1C(=O)C(Cl)=C(Nc2ccc(C(=O)Nc3ccc(Nc4ccccc4)cc3)cc2)C1=O. The van der Waals surface area contributed by atoms with Crippen molar-refractivity contribution in [3.05, 3.63) is 124 Å². The van der Waals surface area contributed by atoms with E-state index in [4.69, 9.17) is 23.2 Å². The van der Waals surface area contributed by atoms with Gasteiger partial charge in [-0.3, -0.25) is 14.4 Å². The van der Waals surface area contributed by atoms with Crippen molar-refractivity contribution in [2.75, 3.05) is 20.9 Å². The molecule has 9 heteroatoms. The molecule has 194 valence electrons. The van der Waals surface area contributed by atoms with Gasteiger partial charge in [-0.15, -0.1) is 0 Å². The first-order valence-electron chi connectivity index (χ1n) is 12.0. The third-order valence-electron chi connectivity index (χ3n) is 6.06. The van der Waals surface area contributed by atoms with Gasteiger partial charge in [-0.05, 0) is 85.3 Å². The van der Waals surface area contributed by atoms with Crippen molar-refractivity contribution < 1.29 is 14.4 Å². The molecule has 3 N–H and O–H groups in total. The van der Waals surface area contributed by atoms with Gasteiger partial charge >= 0.3 is 0 Å². The topological polar surface area (TPSA) is 90.5 Å². The van der Waals surface area contributed by atoms with Crippen LogP contribution in [-0.4, -0.2) is 17.7 Å². The number of carbonyl (C=O) groups is 3. The number of amides is 3. The highest BCUT2D eigenvalue weighted by molar-refractivity contribution is 6.53. The Labute approximate surface area is 235 Å². The highest BCUT2D eigenvalue weighted by atomic mass is 35.5. The Morgan fingerprint density at radius 2 is 1.28 bits per heavy atom. The molecule has 0 atom stereocenters. The van der Waals surface area contributed by atoms with Gasteiger partial charge in [0, 0.05) is 33.3 Å². The third-order valence-corrected chi connectivity index (χ3v) is 6.65. The molecular formula is C30H22Cl2N4O3. The van der Waals surface area contributed by atoms with E-state index in [-0.39, 0.29) is 16.6 Å². The van der Waals surface area contributed by atoms with Crippen molar-refractivity contribution in [2.24, 2.45) is 0 Å². The monoisotopic (exact) mass is 556 g/mol. The van der Waals surface area contributed by atoms with Crippen LogP contribution in [0.15, 0.2) is 108 Å². The molecule has 0 bridgehead atoms. The Morgan fingerprint density at radius 1 is 0.692 bits per heavy atom. The Kier molecular flexibility index (Phi) is 7.36. The van der Waals surface area contributed by atoms with E-state index in [0.717, 1.165) is 16.3 Å². The Hall–Kier alpha value is -4.59. The predicted octanol–water partition coefficient (Wildman–Crippen LogP) is 7.08. The number of hydrogen-bond donors (Lipinski definition) is 3. The molecule has 0 radical (unpaired) electrons. The summed E-state index contributed by atoms with van der Waals surface area (Å²) in [6.07, 6.45) is 0. The number of benzene rings is 4. The first-order valence-corrected chi connectivity index (χ1v) is 12.7. The number of aryl methyl sites for hydroxylation is 1. The molecule has 0 saturated carbocycles. The van der Waals surface area contributed by atoms with Gasteiger partial charge in [-0.1, -0.05) is 47.5 Å². The zero-order valence-electron chi connectivity index (χ0n) is 20.7. The van der Waals surface area contributed by atoms with E-state index in [2.05, 4.69) is 16.0 Å². The molecule has 7 nitrogen and oxygen atoms in total. The van der Waals surface area contributed by atoms with Gasteiger partial charge in [-0.25, -0.2) is 4.90 Å². The van der Waals surface area contributed by atoms with E-state index in [9.17, 15) is 14.4 Å². The lowest BCUT2D eigenvalue weighted by Gasteiger charge is -2.17. The van der Waals surface area contributed by atoms with Crippen molar-refractivity contribution in [1.82, 2.24) is 0 Å². The summed E-state index contributed by atoms with van der Waals surface area (Å²) in [4.78, 5) is 39.6. The molecule has 1 aliphatic rings. The van der Waals surface area contributed by atoms with Crippen molar-refractivity contribution in [1.29, 1.82) is 0 Å².